The first-order valence-electron chi connectivity index (χ1n) is 6.54. The average molecular weight is 258 g/mol. The summed E-state index contributed by atoms with van der Waals surface area (Å²) in [6.07, 6.45) is 3.99. The van der Waals surface area contributed by atoms with Gasteiger partial charge in [-0.25, -0.2) is 0 Å². The zero-order valence-electron chi connectivity index (χ0n) is 10.2. The van der Waals surface area contributed by atoms with E-state index < -0.39 is 0 Å². The van der Waals surface area contributed by atoms with E-state index >= 15 is 0 Å². The molecule has 0 spiro atoms. The van der Waals surface area contributed by atoms with Gasteiger partial charge in [0.15, 0.2) is 0 Å². The third-order valence-corrected chi connectivity index (χ3v) is 4.71. The van der Waals surface area contributed by atoms with Crippen LogP contribution in [0.25, 0.3) is 0 Å². The lowest BCUT2D eigenvalue weighted by Gasteiger charge is -2.29. The molecule has 0 radical (unpaired) electrons. The summed E-state index contributed by atoms with van der Waals surface area (Å²) in [6, 6.07) is -0.0468. The van der Waals surface area contributed by atoms with Crippen LogP contribution in [-0.4, -0.2) is 47.8 Å². The van der Waals surface area contributed by atoms with Crippen LogP contribution in [-0.2, 0) is 4.79 Å². The van der Waals surface area contributed by atoms with Crippen molar-refractivity contribution in [3.63, 3.8) is 0 Å². The van der Waals surface area contributed by atoms with E-state index in [4.69, 9.17) is 0 Å². The van der Waals surface area contributed by atoms with Crippen LogP contribution in [0.15, 0.2) is 0 Å². The van der Waals surface area contributed by atoms with Gasteiger partial charge in [-0.1, -0.05) is 12.8 Å². The minimum absolute atomic E-state index is 0.0468. The molecule has 4 nitrogen and oxygen atoms in total. The minimum Gasteiger partial charge on any atom is -0.393 e. The Morgan fingerprint density at radius 2 is 2.24 bits per heavy atom. The van der Waals surface area contributed by atoms with Crippen molar-refractivity contribution in [1.82, 2.24) is 10.6 Å². The number of hydrogen-bond donors (Lipinski definition) is 3. The molecule has 1 aliphatic heterocycles. The molecule has 2 aliphatic rings. The fourth-order valence-electron chi connectivity index (χ4n) is 2.51. The number of aliphatic hydroxyl groups excluding tert-OH is 1. The van der Waals surface area contributed by atoms with Crippen LogP contribution in [0.4, 0.5) is 0 Å². The molecular formula is C12H22N2O2S. The second kappa shape index (κ2) is 6.61. The largest absolute Gasteiger partial charge is 0.393 e. The number of nitrogens with one attached hydrogen (secondary N) is 2. The Balaban J connectivity index is 1.71. The molecule has 0 aromatic carbocycles. The molecule has 0 aromatic heterocycles. The Morgan fingerprint density at radius 3 is 2.94 bits per heavy atom. The van der Waals surface area contributed by atoms with Gasteiger partial charge in [0.2, 0.25) is 5.91 Å². The van der Waals surface area contributed by atoms with E-state index in [1.54, 1.807) is 0 Å². The molecule has 17 heavy (non-hydrogen) atoms. The van der Waals surface area contributed by atoms with Crippen LogP contribution in [0.1, 0.15) is 25.7 Å². The lowest BCUT2D eigenvalue weighted by molar-refractivity contribution is -0.123. The molecule has 3 N–H and O–H groups in total. The van der Waals surface area contributed by atoms with E-state index in [9.17, 15) is 9.90 Å². The molecule has 98 valence electrons. The van der Waals surface area contributed by atoms with E-state index in [0.717, 1.165) is 37.3 Å². The van der Waals surface area contributed by atoms with Crippen molar-refractivity contribution < 1.29 is 9.90 Å². The maximum absolute atomic E-state index is 11.9. The number of aliphatic hydroxyl groups is 1. The first-order valence-corrected chi connectivity index (χ1v) is 7.70. The standard InChI is InChI=1S/C12H22N2O2S/c15-11-4-2-1-3-9(11)7-14-12(16)10-8-17-6-5-13-10/h9-11,13,15H,1-8H2,(H,14,16). The van der Waals surface area contributed by atoms with Gasteiger partial charge in [-0.15, -0.1) is 0 Å². The number of carbonyl (C=O) groups is 1. The second-order valence-corrected chi connectivity index (χ2v) is 6.09. The lowest BCUT2D eigenvalue weighted by Crippen LogP contribution is -2.50. The Morgan fingerprint density at radius 1 is 1.41 bits per heavy atom. The monoisotopic (exact) mass is 258 g/mol. The van der Waals surface area contributed by atoms with Crippen molar-refractivity contribution in [2.75, 3.05) is 24.6 Å². The van der Waals surface area contributed by atoms with E-state index in [1.807, 2.05) is 11.8 Å². The van der Waals surface area contributed by atoms with Gasteiger partial charge in [0.1, 0.15) is 0 Å². The summed E-state index contributed by atoms with van der Waals surface area (Å²) in [5.74, 6) is 2.29. The van der Waals surface area contributed by atoms with Crippen LogP contribution in [0.5, 0.6) is 0 Å². The average Bonchev–Trinajstić information content (AvgIpc) is 2.38. The predicted octanol–water partition coefficient (Wildman–Crippen LogP) is 0.359. The van der Waals surface area contributed by atoms with Gasteiger partial charge >= 0.3 is 0 Å². The van der Waals surface area contributed by atoms with E-state index in [2.05, 4.69) is 10.6 Å². The summed E-state index contributed by atoms with van der Waals surface area (Å²) < 4.78 is 0. The third-order valence-electron chi connectivity index (χ3n) is 3.65. The quantitative estimate of drug-likeness (QED) is 0.684. The Bertz CT molecular complexity index is 257. The maximum atomic E-state index is 11.9. The lowest BCUT2D eigenvalue weighted by atomic mass is 9.86. The van der Waals surface area contributed by atoms with Crippen LogP contribution in [0.2, 0.25) is 0 Å². The Hall–Kier alpha value is -0.260. The van der Waals surface area contributed by atoms with Crippen molar-refractivity contribution in [3.8, 4) is 0 Å². The molecule has 3 unspecified atom stereocenters. The number of carbonyl (C=O) groups excluding carboxylic acids is 1. The number of amides is 1. The van der Waals surface area contributed by atoms with E-state index in [1.165, 1.54) is 6.42 Å². The molecule has 1 saturated heterocycles. The number of rotatable bonds is 3. The van der Waals surface area contributed by atoms with Gasteiger partial charge in [-0.05, 0) is 12.8 Å². The molecule has 2 rings (SSSR count). The molecule has 1 amide bonds. The molecule has 5 heteroatoms. The molecule has 1 heterocycles. The summed E-state index contributed by atoms with van der Waals surface area (Å²) in [6.45, 7) is 1.54. The highest BCUT2D eigenvalue weighted by Crippen LogP contribution is 2.23. The maximum Gasteiger partial charge on any atom is 0.238 e. The molecule has 1 aliphatic carbocycles. The summed E-state index contributed by atoms with van der Waals surface area (Å²) in [5, 5.41) is 16.0. The van der Waals surface area contributed by atoms with Crippen LogP contribution in [0.3, 0.4) is 0 Å². The van der Waals surface area contributed by atoms with E-state index in [0.29, 0.717) is 6.54 Å². The molecular weight excluding hydrogens is 236 g/mol. The molecule has 0 bridgehead atoms. The summed E-state index contributed by atoms with van der Waals surface area (Å²) in [5.41, 5.74) is 0. The van der Waals surface area contributed by atoms with Gasteiger partial charge in [-0.3, -0.25) is 4.79 Å². The van der Waals surface area contributed by atoms with Gasteiger partial charge in [-0.2, -0.15) is 11.8 Å². The van der Waals surface area contributed by atoms with Gasteiger partial charge in [0.25, 0.3) is 0 Å². The zero-order chi connectivity index (χ0) is 12.1. The van der Waals surface area contributed by atoms with Crippen molar-refractivity contribution in [1.29, 1.82) is 0 Å². The molecule has 1 saturated carbocycles. The fourth-order valence-corrected chi connectivity index (χ4v) is 3.45. The normalized spacial score (nSPS) is 34.3. The fraction of sp³-hybridized carbons (Fsp3) is 0.917. The first-order chi connectivity index (χ1) is 8.27. The van der Waals surface area contributed by atoms with Gasteiger partial charge in [0, 0.05) is 30.5 Å². The Labute approximate surface area is 107 Å². The highest BCUT2D eigenvalue weighted by atomic mass is 32.2. The van der Waals surface area contributed by atoms with Crippen molar-refractivity contribution in [2.45, 2.75) is 37.8 Å². The smallest absolute Gasteiger partial charge is 0.238 e. The minimum atomic E-state index is -0.224. The first kappa shape index (κ1) is 13.2. The summed E-state index contributed by atoms with van der Waals surface area (Å²) >= 11 is 1.82. The van der Waals surface area contributed by atoms with E-state index in [-0.39, 0.29) is 24.0 Å². The van der Waals surface area contributed by atoms with Crippen LogP contribution >= 0.6 is 11.8 Å². The topological polar surface area (TPSA) is 61.4 Å². The molecule has 2 fully saturated rings. The number of thioether (sulfide) groups is 1. The molecule has 3 atom stereocenters. The van der Waals surface area contributed by atoms with Gasteiger partial charge < -0.3 is 15.7 Å². The van der Waals surface area contributed by atoms with Crippen molar-refractivity contribution in [2.24, 2.45) is 5.92 Å². The SMILES string of the molecule is O=C(NCC1CCCCC1O)C1CSCCN1. The second-order valence-electron chi connectivity index (χ2n) is 4.94. The summed E-state index contributed by atoms with van der Waals surface area (Å²) in [7, 11) is 0. The Kier molecular flexibility index (Phi) is 5.13. The van der Waals surface area contributed by atoms with Crippen LogP contribution < -0.4 is 10.6 Å². The number of hydrogen-bond acceptors (Lipinski definition) is 4. The highest BCUT2D eigenvalue weighted by Gasteiger charge is 2.25. The summed E-state index contributed by atoms with van der Waals surface area (Å²) in [4.78, 5) is 11.9. The van der Waals surface area contributed by atoms with Gasteiger partial charge in [0.05, 0.1) is 12.1 Å². The van der Waals surface area contributed by atoms with Crippen molar-refractivity contribution in [3.05, 3.63) is 0 Å². The predicted molar refractivity (Wildman–Crippen MR) is 70.1 cm³/mol. The van der Waals surface area contributed by atoms with Crippen molar-refractivity contribution >= 4 is 17.7 Å². The third kappa shape index (κ3) is 3.86. The molecule has 0 aromatic rings. The van der Waals surface area contributed by atoms with Crippen LogP contribution in [0, 0.1) is 5.92 Å². The zero-order valence-corrected chi connectivity index (χ0v) is 11.0. The highest BCUT2D eigenvalue weighted by molar-refractivity contribution is 7.99.